The zero-order valence-electron chi connectivity index (χ0n) is 9.30. The third-order valence-electron chi connectivity index (χ3n) is 2.83. The van der Waals surface area contributed by atoms with E-state index in [-0.39, 0.29) is 6.42 Å². The van der Waals surface area contributed by atoms with Crippen molar-refractivity contribution in [2.24, 2.45) is 5.92 Å². The lowest BCUT2D eigenvalue weighted by atomic mass is 9.98. The van der Waals surface area contributed by atoms with Crippen molar-refractivity contribution in [1.29, 1.82) is 0 Å². The molecule has 1 N–H and O–H groups in total. The van der Waals surface area contributed by atoms with Gasteiger partial charge in [0.05, 0.1) is 5.92 Å². The molecule has 1 aromatic carbocycles. The minimum atomic E-state index is -1.51. The quantitative estimate of drug-likeness (QED) is 0.831. The van der Waals surface area contributed by atoms with Gasteiger partial charge in [-0.3, -0.25) is 9.59 Å². The number of carbonyl (C=O) groups excluding carboxylic acids is 2. The van der Waals surface area contributed by atoms with Gasteiger partial charge in [0.25, 0.3) is 0 Å². The molecule has 0 radical (unpaired) electrons. The lowest BCUT2D eigenvalue weighted by molar-refractivity contribution is -0.136. The SMILES string of the molecule is O=C(O)N1C(=O)CC(Cc2ccc(Cl)cc2)C1=O. The van der Waals surface area contributed by atoms with Crippen LogP contribution in [0, 0.1) is 5.92 Å². The number of nitrogens with zero attached hydrogens (tertiary/aromatic N) is 1. The Morgan fingerprint density at radius 2 is 1.94 bits per heavy atom. The molecule has 5 nitrogen and oxygen atoms in total. The summed E-state index contributed by atoms with van der Waals surface area (Å²) < 4.78 is 0. The Bertz CT molecular complexity index is 511. The van der Waals surface area contributed by atoms with Crippen LogP contribution in [0.2, 0.25) is 5.02 Å². The second kappa shape index (κ2) is 4.78. The maximum atomic E-state index is 11.7. The van der Waals surface area contributed by atoms with Crippen LogP contribution >= 0.6 is 11.6 Å². The molecule has 94 valence electrons. The number of halogens is 1. The standard InChI is InChI=1S/C12H10ClNO4/c13-9-3-1-7(2-4-9)5-8-6-10(15)14(11(8)16)12(17)18/h1-4,8H,5-6H2,(H,17,18). The summed E-state index contributed by atoms with van der Waals surface area (Å²) in [5.74, 6) is -1.91. The van der Waals surface area contributed by atoms with Crippen molar-refractivity contribution in [3.8, 4) is 0 Å². The van der Waals surface area contributed by atoms with Gasteiger partial charge in [-0.05, 0) is 24.1 Å². The molecule has 1 unspecified atom stereocenters. The Morgan fingerprint density at radius 1 is 1.33 bits per heavy atom. The van der Waals surface area contributed by atoms with E-state index in [1.54, 1.807) is 24.3 Å². The number of carbonyl (C=O) groups is 3. The minimum Gasteiger partial charge on any atom is -0.464 e. The highest BCUT2D eigenvalue weighted by Gasteiger charge is 2.42. The summed E-state index contributed by atoms with van der Waals surface area (Å²) in [6, 6.07) is 6.88. The van der Waals surface area contributed by atoms with E-state index in [9.17, 15) is 14.4 Å². The molecule has 1 aromatic rings. The molecular weight excluding hydrogens is 258 g/mol. The van der Waals surface area contributed by atoms with Gasteiger partial charge in [0.2, 0.25) is 11.8 Å². The average Bonchev–Trinajstić information content (AvgIpc) is 2.57. The number of rotatable bonds is 2. The maximum Gasteiger partial charge on any atom is 0.421 e. The molecule has 3 amide bonds. The highest BCUT2D eigenvalue weighted by Crippen LogP contribution is 2.24. The molecule has 0 saturated carbocycles. The van der Waals surface area contributed by atoms with Crippen molar-refractivity contribution in [3.63, 3.8) is 0 Å². The van der Waals surface area contributed by atoms with Gasteiger partial charge >= 0.3 is 6.09 Å². The summed E-state index contributed by atoms with van der Waals surface area (Å²) in [5, 5.41) is 9.32. The summed E-state index contributed by atoms with van der Waals surface area (Å²) >= 11 is 5.74. The van der Waals surface area contributed by atoms with Crippen molar-refractivity contribution in [1.82, 2.24) is 4.90 Å². The van der Waals surface area contributed by atoms with Crippen LogP contribution in [-0.2, 0) is 16.0 Å². The monoisotopic (exact) mass is 267 g/mol. The van der Waals surface area contributed by atoms with E-state index in [4.69, 9.17) is 16.7 Å². The zero-order valence-corrected chi connectivity index (χ0v) is 10.1. The van der Waals surface area contributed by atoms with Gasteiger partial charge in [-0.2, -0.15) is 4.90 Å². The first kappa shape index (κ1) is 12.6. The van der Waals surface area contributed by atoms with Crippen molar-refractivity contribution in [2.75, 3.05) is 0 Å². The lowest BCUT2D eigenvalue weighted by Gasteiger charge is -2.09. The molecule has 0 aromatic heterocycles. The molecule has 1 aliphatic heterocycles. The second-order valence-corrected chi connectivity index (χ2v) is 4.52. The minimum absolute atomic E-state index is 0.0617. The van der Waals surface area contributed by atoms with E-state index in [0.717, 1.165) is 5.56 Å². The summed E-state index contributed by atoms with van der Waals surface area (Å²) in [4.78, 5) is 34.1. The first-order valence-electron chi connectivity index (χ1n) is 5.33. The Kier molecular flexibility index (Phi) is 3.34. The van der Waals surface area contributed by atoms with E-state index < -0.39 is 23.8 Å². The van der Waals surface area contributed by atoms with Gasteiger partial charge < -0.3 is 5.11 Å². The largest absolute Gasteiger partial charge is 0.464 e. The number of likely N-dealkylation sites (tertiary alicyclic amines) is 1. The van der Waals surface area contributed by atoms with Crippen LogP contribution in [0.3, 0.4) is 0 Å². The van der Waals surface area contributed by atoms with Crippen molar-refractivity contribution < 1.29 is 19.5 Å². The third-order valence-corrected chi connectivity index (χ3v) is 3.08. The predicted molar refractivity (Wildman–Crippen MR) is 63.1 cm³/mol. The zero-order chi connectivity index (χ0) is 13.3. The van der Waals surface area contributed by atoms with Crippen molar-refractivity contribution in [2.45, 2.75) is 12.8 Å². The van der Waals surface area contributed by atoms with E-state index in [1.807, 2.05) is 0 Å². The van der Waals surface area contributed by atoms with Crippen LogP contribution in [0.1, 0.15) is 12.0 Å². The number of carboxylic acid groups (broad SMARTS) is 1. The molecule has 1 saturated heterocycles. The summed E-state index contributed by atoms with van der Waals surface area (Å²) in [5.41, 5.74) is 0.845. The van der Waals surface area contributed by atoms with Crippen LogP contribution in [-0.4, -0.2) is 27.9 Å². The van der Waals surface area contributed by atoms with E-state index in [2.05, 4.69) is 0 Å². The highest BCUT2D eigenvalue weighted by molar-refractivity contribution is 6.30. The van der Waals surface area contributed by atoms with Gasteiger partial charge in [0, 0.05) is 11.4 Å². The highest BCUT2D eigenvalue weighted by atomic mass is 35.5. The molecule has 0 bridgehead atoms. The summed E-state index contributed by atoms with van der Waals surface area (Å²) in [7, 11) is 0. The first-order valence-corrected chi connectivity index (χ1v) is 5.71. The van der Waals surface area contributed by atoms with Crippen LogP contribution in [0.5, 0.6) is 0 Å². The molecule has 1 heterocycles. The van der Waals surface area contributed by atoms with Gasteiger partial charge in [-0.25, -0.2) is 4.79 Å². The van der Waals surface area contributed by atoms with E-state index in [0.29, 0.717) is 16.3 Å². The predicted octanol–water partition coefficient (Wildman–Crippen LogP) is 1.94. The number of imide groups is 3. The van der Waals surface area contributed by atoms with Crippen LogP contribution in [0.25, 0.3) is 0 Å². The fourth-order valence-electron chi connectivity index (χ4n) is 1.96. The number of benzene rings is 1. The molecule has 1 atom stereocenters. The van der Waals surface area contributed by atoms with E-state index in [1.165, 1.54) is 0 Å². The van der Waals surface area contributed by atoms with Gasteiger partial charge in [-0.15, -0.1) is 0 Å². The summed E-state index contributed by atoms with van der Waals surface area (Å²) in [6.45, 7) is 0. The van der Waals surface area contributed by atoms with Gasteiger partial charge in [0.1, 0.15) is 0 Å². The molecule has 2 rings (SSSR count). The number of hydrogen-bond acceptors (Lipinski definition) is 3. The fourth-order valence-corrected chi connectivity index (χ4v) is 2.09. The second-order valence-electron chi connectivity index (χ2n) is 4.08. The fraction of sp³-hybridized carbons (Fsp3) is 0.250. The number of hydrogen-bond donors (Lipinski definition) is 1. The van der Waals surface area contributed by atoms with Crippen molar-refractivity contribution in [3.05, 3.63) is 34.9 Å². The molecule has 0 spiro atoms. The Hall–Kier alpha value is -1.88. The van der Waals surface area contributed by atoms with Crippen LogP contribution < -0.4 is 0 Å². The van der Waals surface area contributed by atoms with Crippen LogP contribution in [0.4, 0.5) is 4.79 Å². The lowest BCUT2D eigenvalue weighted by Crippen LogP contribution is -2.35. The molecule has 18 heavy (non-hydrogen) atoms. The molecule has 0 aliphatic carbocycles. The topological polar surface area (TPSA) is 74.7 Å². The molecule has 6 heteroatoms. The van der Waals surface area contributed by atoms with E-state index >= 15 is 0 Å². The molecule has 1 aliphatic rings. The molecule has 1 fully saturated rings. The molecular formula is C12H10ClNO4. The Morgan fingerprint density at radius 3 is 2.44 bits per heavy atom. The summed E-state index contributed by atoms with van der Waals surface area (Å²) in [6.07, 6.45) is -1.23. The smallest absolute Gasteiger partial charge is 0.421 e. The normalized spacial score (nSPS) is 19.4. The number of amides is 3. The van der Waals surface area contributed by atoms with Gasteiger partial charge in [0.15, 0.2) is 0 Å². The Labute approximate surface area is 108 Å². The average molecular weight is 268 g/mol. The first-order chi connectivity index (χ1) is 8.49. The third kappa shape index (κ3) is 2.36. The van der Waals surface area contributed by atoms with Crippen molar-refractivity contribution >= 4 is 29.5 Å². The van der Waals surface area contributed by atoms with Crippen LogP contribution in [0.15, 0.2) is 24.3 Å². The Balaban J connectivity index is 2.12. The maximum absolute atomic E-state index is 11.7. The van der Waals surface area contributed by atoms with Gasteiger partial charge in [-0.1, -0.05) is 23.7 Å².